The summed E-state index contributed by atoms with van der Waals surface area (Å²) in [7, 11) is 0. The minimum absolute atomic E-state index is 0.610. The number of carbonyl (C=O) groups excluding carboxylic acids is 1. The predicted octanol–water partition coefficient (Wildman–Crippen LogP) is 2.90. The molecule has 0 radical (unpaired) electrons. The first-order chi connectivity index (χ1) is 12.4. The summed E-state index contributed by atoms with van der Waals surface area (Å²) in [4.78, 5) is 15.6. The highest BCUT2D eigenvalue weighted by Crippen LogP contribution is 2.28. The maximum absolute atomic E-state index is 11.7. The molecule has 2 aromatic carbocycles. The summed E-state index contributed by atoms with van der Waals surface area (Å²) >= 11 is 16.7. The number of halogens is 3. The van der Waals surface area contributed by atoms with Gasteiger partial charge in [-0.3, -0.25) is 4.79 Å². The lowest BCUT2D eigenvalue weighted by atomic mass is 10.2. The van der Waals surface area contributed by atoms with Crippen molar-refractivity contribution in [1.82, 2.24) is 0 Å². The minimum Gasteiger partial charge on any atom is -0.360 e. The van der Waals surface area contributed by atoms with E-state index in [9.17, 15) is 4.79 Å². The highest BCUT2D eigenvalue weighted by Gasteiger charge is 2.30. The quantitative estimate of drug-likeness (QED) is 0.756. The molecule has 1 fully saturated rings. The van der Waals surface area contributed by atoms with Gasteiger partial charge in [0.05, 0.1) is 26.2 Å². The Balaban J connectivity index is 1.52. The average molecular weight is 414 g/mol. The Morgan fingerprint density at radius 2 is 1.62 bits per heavy atom. The van der Waals surface area contributed by atoms with E-state index in [0.29, 0.717) is 5.69 Å². The summed E-state index contributed by atoms with van der Waals surface area (Å²) in [5, 5.41) is 2.59. The van der Waals surface area contributed by atoms with Crippen LogP contribution in [0.3, 0.4) is 0 Å². The number of hydrogen-bond acceptors (Lipinski definition) is 2. The van der Waals surface area contributed by atoms with Crippen molar-refractivity contribution in [2.24, 2.45) is 0 Å². The molecule has 0 saturated carbocycles. The van der Waals surface area contributed by atoms with Crippen molar-refractivity contribution in [3.63, 3.8) is 0 Å². The second kappa shape index (κ2) is 8.49. The second-order valence-electron chi connectivity index (χ2n) is 6.40. The molecule has 0 spiro atoms. The number of rotatable bonds is 4. The number of benzene rings is 2. The molecular formula is C19H21Cl3N3O+. The molecule has 0 aromatic heterocycles. The van der Waals surface area contributed by atoms with Gasteiger partial charge in [0.25, 0.3) is 9.70 Å². The van der Waals surface area contributed by atoms with Crippen LogP contribution in [-0.4, -0.2) is 35.9 Å². The number of piperazine rings is 1. The van der Waals surface area contributed by atoms with E-state index >= 15 is 0 Å². The van der Waals surface area contributed by atoms with Crippen molar-refractivity contribution in [3.8, 4) is 0 Å². The molecule has 4 nitrogen and oxygen atoms in total. The molecule has 26 heavy (non-hydrogen) atoms. The molecule has 0 bridgehead atoms. The molecule has 1 aliphatic heterocycles. The van der Waals surface area contributed by atoms with Gasteiger partial charge in [-0.1, -0.05) is 65.1 Å². The van der Waals surface area contributed by atoms with E-state index in [4.69, 9.17) is 34.8 Å². The van der Waals surface area contributed by atoms with Crippen LogP contribution < -0.4 is 15.1 Å². The van der Waals surface area contributed by atoms with Gasteiger partial charge in [-0.05, 0) is 24.3 Å². The molecule has 1 heterocycles. The zero-order valence-electron chi connectivity index (χ0n) is 14.2. The summed E-state index contributed by atoms with van der Waals surface area (Å²) in [6.45, 7) is 5.27. The first-order valence-corrected chi connectivity index (χ1v) is 9.66. The molecular weight excluding hydrogens is 393 g/mol. The summed E-state index contributed by atoms with van der Waals surface area (Å²) in [6.07, 6.45) is 0. The van der Waals surface area contributed by atoms with Crippen molar-refractivity contribution in [2.75, 3.05) is 36.4 Å². The Morgan fingerprint density at radius 1 is 1.00 bits per heavy atom. The third-order valence-electron chi connectivity index (χ3n) is 4.52. The zero-order valence-corrected chi connectivity index (χ0v) is 16.5. The Kier molecular flexibility index (Phi) is 6.30. The van der Waals surface area contributed by atoms with Crippen LogP contribution in [0.4, 0.5) is 11.4 Å². The van der Waals surface area contributed by atoms with Crippen molar-refractivity contribution >= 4 is 52.1 Å². The lowest BCUT2D eigenvalue weighted by Crippen LogP contribution is -3.13. The fraction of sp³-hybridized carbons (Fsp3) is 0.316. The standard InChI is InChI=1S/C19H20Cl3N3O/c20-19(21,22)18(26)23-16-6-8-17(9-7-16)25-12-10-24(11-13-25)14-15-4-2-1-3-5-15/h1-9H,10-14H2,(H,23,26)/p+1. The van der Waals surface area contributed by atoms with E-state index in [-0.39, 0.29) is 0 Å². The third kappa shape index (κ3) is 5.27. The van der Waals surface area contributed by atoms with Crippen LogP contribution in [0.15, 0.2) is 54.6 Å². The lowest BCUT2D eigenvalue weighted by Gasteiger charge is -2.33. The highest BCUT2D eigenvalue weighted by molar-refractivity contribution is 6.76. The van der Waals surface area contributed by atoms with E-state index in [2.05, 4.69) is 40.5 Å². The largest absolute Gasteiger partial charge is 0.360 e. The molecule has 138 valence electrons. The smallest absolute Gasteiger partial charge is 0.276 e. The van der Waals surface area contributed by atoms with Gasteiger partial charge in [-0.25, -0.2) is 0 Å². The maximum Gasteiger partial charge on any atom is 0.276 e. The first kappa shape index (κ1) is 19.3. The van der Waals surface area contributed by atoms with Gasteiger partial charge in [-0.2, -0.15) is 0 Å². The van der Waals surface area contributed by atoms with Gasteiger partial charge in [0.1, 0.15) is 6.54 Å². The Labute approximate surface area is 168 Å². The Morgan fingerprint density at radius 3 is 2.19 bits per heavy atom. The van der Waals surface area contributed by atoms with Crippen molar-refractivity contribution in [1.29, 1.82) is 0 Å². The number of alkyl halides is 3. The van der Waals surface area contributed by atoms with Crippen LogP contribution in [0.1, 0.15) is 5.56 Å². The van der Waals surface area contributed by atoms with Gasteiger partial charge in [0.2, 0.25) is 0 Å². The highest BCUT2D eigenvalue weighted by atomic mass is 35.6. The van der Waals surface area contributed by atoms with Gasteiger partial charge >= 0.3 is 0 Å². The molecule has 0 atom stereocenters. The number of nitrogens with zero attached hydrogens (tertiary/aromatic N) is 1. The first-order valence-electron chi connectivity index (χ1n) is 8.52. The number of nitrogens with one attached hydrogen (secondary N) is 2. The van der Waals surface area contributed by atoms with Crippen molar-refractivity contribution < 1.29 is 9.69 Å². The fourth-order valence-electron chi connectivity index (χ4n) is 3.10. The summed E-state index contributed by atoms with van der Waals surface area (Å²) in [5.41, 5.74) is 3.12. The zero-order chi connectivity index (χ0) is 18.6. The monoisotopic (exact) mass is 412 g/mol. The molecule has 2 aromatic rings. The van der Waals surface area contributed by atoms with Gasteiger partial charge in [0, 0.05) is 16.9 Å². The van der Waals surface area contributed by atoms with Gasteiger partial charge < -0.3 is 15.1 Å². The predicted molar refractivity (Wildman–Crippen MR) is 108 cm³/mol. The van der Waals surface area contributed by atoms with Gasteiger partial charge in [-0.15, -0.1) is 0 Å². The van der Waals surface area contributed by atoms with Crippen LogP contribution >= 0.6 is 34.8 Å². The number of hydrogen-bond donors (Lipinski definition) is 2. The lowest BCUT2D eigenvalue weighted by molar-refractivity contribution is -0.914. The third-order valence-corrected chi connectivity index (χ3v) is 5.03. The summed E-state index contributed by atoms with van der Waals surface area (Å²) in [5.74, 6) is -0.659. The van der Waals surface area contributed by atoms with E-state index in [0.717, 1.165) is 38.4 Å². The van der Waals surface area contributed by atoms with Crippen LogP contribution in [-0.2, 0) is 11.3 Å². The number of amides is 1. The van der Waals surface area contributed by atoms with Crippen molar-refractivity contribution in [3.05, 3.63) is 60.2 Å². The topological polar surface area (TPSA) is 36.8 Å². The molecule has 1 amide bonds. The molecule has 0 aliphatic carbocycles. The van der Waals surface area contributed by atoms with E-state index < -0.39 is 9.70 Å². The molecule has 3 rings (SSSR count). The number of quaternary nitrogens is 1. The Hall–Kier alpha value is -1.46. The van der Waals surface area contributed by atoms with Crippen LogP contribution in [0.25, 0.3) is 0 Å². The second-order valence-corrected chi connectivity index (χ2v) is 8.68. The summed E-state index contributed by atoms with van der Waals surface area (Å²) < 4.78 is -1.96. The SMILES string of the molecule is O=C(Nc1ccc(N2CC[NH+](Cc3ccccc3)CC2)cc1)C(Cl)(Cl)Cl. The maximum atomic E-state index is 11.7. The molecule has 1 aliphatic rings. The normalized spacial score (nSPS) is 15.7. The molecule has 7 heteroatoms. The summed E-state index contributed by atoms with van der Waals surface area (Å²) in [6, 6.07) is 18.2. The average Bonchev–Trinajstić information content (AvgIpc) is 2.63. The molecule has 0 unspecified atom stereocenters. The van der Waals surface area contributed by atoms with Crippen LogP contribution in [0, 0.1) is 0 Å². The van der Waals surface area contributed by atoms with Crippen molar-refractivity contribution in [2.45, 2.75) is 10.3 Å². The molecule has 2 N–H and O–H groups in total. The van der Waals surface area contributed by atoms with Crippen LogP contribution in [0.5, 0.6) is 0 Å². The van der Waals surface area contributed by atoms with Crippen LogP contribution in [0.2, 0.25) is 0 Å². The fourth-order valence-corrected chi connectivity index (χ4v) is 3.24. The number of carbonyl (C=O) groups is 1. The van der Waals surface area contributed by atoms with Gasteiger partial charge in [0.15, 0.2) is 0 Å². The van der Waals surface area contributed by atoms with E-state index in [1.165, 1.54) is 5.56 Å². The van der Waals surface area contributed by atoms with E-state index in [1.54, 1.807) is 4.90 Å². The number of anilines is 2. The minimum atomic E-state index is -1.96. The Bertz CT molecular complexity index is 724. The van der Waals surface area contributed by atoms with E-state index in [1.807, 2.05) is 24.3 Å². The molecule has 1 saturated heterocycles.